The summed E-state index contributed by atoms with van der Waals surface area (Å²) in [6.07, 6.45) is 0. The average Bonchev–Trinajstić information content (AvgIpc) is 2.32. The van der Waals surface area contributed by atoms with Gasteiger partial charge in [0, 0.05) is 5.56 Å². The zero-order chi connectivity index (χ0) is 11.5. The van der Waals surface area contributed by atoms with Gasteiger partial charge in [-0.05, 0) is 18.6 Å². The molecule has 0 bridgehead atoms. The predicted octanol–water partition coefficient (Wildman–Crippen LogP) is 2.62. The van der Waals surface area contributed by atoms with Crippen LogP contribution in [0, 0.1) is 6.92 Å². The minimum absolute atomic E-state index is 0.234. The SMILES string of the molecule is COc1cc(C)c(-c2ccccc2)oc1=O. The second-order valence-corrected chi connectivity index (χ2v) is 3.48. The van der Waals surface area contributed by atoms with Gasteiger partial charge in [0.05, 0.1) is 7.11 Å². The molecule has 0 saturated carbocycles. The van der Waals surface area contributed by atoms with E-state index in [1.54, 1.807) is 6.07 Å². The molecule has 0 aliphatic heterocycles. The molecule has 0 aliphatic carbocycles. The number of aryl methyl sites for hydroxylation is 1. The van der Waals surface area contributed by atoms with Crippen LogP contribution in [0.5, 0.6) is 5.75 Å². The molecule has 0 atom stereocenters. The first-order chi connectivity index (χ1) is 7.72. The molecule has 0 radical (unpaired) electrons. The molecule has 0 amide bonds. The van der Waals surface area contributed by atoms with Crippen molar-refractivity contribution in [3.8, 4) is 17.1 Å². The van der Waals surface area contributed by atoms with Crippen LogP contribution in [0.2, 0.25) is 0 Å². The Bertz CT molecular complexity index is 541. The number of hydrogen-bond acceptors (Lipinski definition) is 3. The molecule has 0 fully saturated rings. The molecule has 2 rings (SSSR count). The molecule has 2 aromatic rings. The van der Waals surface area contributed by atoms with Crippen LogP contribution in [0.3, 0.4) is 0 Å². The van der Waals surface area contributed by atoms with Crippen molar-refractivity contribution in [2.24, 2.45) is 0 Å². The molecule has 1 heterocycles. The van der Waals surface area contributed by atoms with Gasteiger partial charge in [-0.3, -0.25) is 0 Å². The molecule has 0 spiro atoms. The lowest BCUT2D eigenvalue weighted by Crippen LogP contribution is -2.05. The van der Waals surface area contributed by atoms with E-state index >= 15 is 0 Å². The second-order valence-electron chi connectivity index (χ2n) is 3.48. The lowest BCUT2D eigenvalue weighted by Gasteiger charge is -2.05. The maximum Gasteiger partial charge on any atom is 0.379 e. The Labute approximate surface area is 93.3 Å². The van der Waals surface area contributed by atoms with Gasteiger partial charge in [0.15, 0.2) is 0 Å². The van der Waals surface area contributed by atoms with E-state index < -0.39 is 5.63 Å². The lowest BCUT2D eigenvalue weighted by atomic mass is 10.1. The molecular weight excluding hydrogens is 204 g/mol. The highest BCUT2D eigenvalue weighted by Gasteiger charge is 2.09. The van der Waals surface area contributed by atoms with Crippen LogP contribution in [0.1, 0.15) is 5.56 Å². The zero-order valence-corrected chi connectivity index (χ0v) is 9.19. The Morgan fingerprint density at radius 2 is 1.88 bits per heavy atom. The summed E-state index contributed by atoms with van der Waals surface area (Å²) < 4.78 is 10.1. The molecule has 0 aliphatic rings. The summed E-state index contributed by atoms with van der Waals surface area (Å²) in [5, 5.41) is 0. The second kappa shape index (κ2) is 4.23. The fourth-order valence-electron chi connectivity index (χ4n) is 1.56. The van der Waals surface area contributed by atoms with E-state index in [0.29, 0.717) is 5.76 Å². The Balaban J connectivity index is 2.60. The zero-order valence-electron chi connectivity index (χ0n) is 9.19. The summed E-state index contributed by atoms with van der Waals surface area (Å²) in [5.41, 5.74) is 1.31. The first-order valence-electron chi connectivity index (χ1n) is 4.96. The van der Waals surface area contributed by atoms with Gasteiger partial charge in [-0.1, -0.05) is 30.3 Å². The molecule has 1 aromatic carbocycles. The van der Waals surface area contributed by atoms with E-state index in [1.165, 1.54) is 7.11 Å². The number of hydrogen-bond donors (Lipinski definition) is 0. The van der Waals surface area contributed by atoms with Crippen LogP contribution >= 0.6 is 0 Å². The van der Waals surface area contributed by atoms with Crippen LogP contribution in [-0.2, 0) is 0 Å². The fraction of sp³-hybridized carbons (Fsp3) is 0.154. The van der Waals surface area contributed by atoms with Crippen LogP contribution < -0.4 is 10.4 Å². The Hall–Kier alpha value is -2.03. The molecule has 82 valence electrons. The van der Waals surface area contributed by atoms with Crippen molar-refractivity contribution >= 4 is 0 Å². The maximum atomic E-state index is 11.5. The predicted molar refractivity (Wildman–Crippen MR) is 61.7 cm³/mol. The highest BCUT2D eigenvalue weighted by Crippen LogP contribution is 2.23. The highest BCUT2D eigenvalue weighted by molar-refractivity contribution is 5.61. The van der Waals surface area contributed by atoms with Crippen molar-refractivity contribution in [2.75, 3.05) is 7.11 Å². The third-order valence-corrected chi connectivity index (χ3v) is 2.36. The van der Waals surface area contributed by atoms with E-state index in [1.807, 2.05) is 37.3 Å². The van der Waals surface area contributed by atoms with Crippen LogP contribution in [0.15, 0.2) is 45.6 Å². The smallest absolute Gasteiger partial charge is 0.379 e. The van der Waals surface area contributed by atoms with E-state index in [2.05, 4.69) is 0 Å². The Morgan fingerprint density at radius 1 is 1.19 bits per heavy atom. The quantitative estimate of drug-likeness (QED) is 0.774. The van der Waals surface area contributed by atoms with Gasteiger partial charge in [0.2, 0.25) is 5.75 Å². The normalized spacial score (nSPS) is 10.1. The van der Waals surface area contributed by atoms with Crippen LogP contribution in [0.4, 0.5) is 0 Å². The molecule has 0 saturated heterocycles. The van der Waals surface area contributed by atoms with Crippen molar-refractivity contribution in [2.45, 2.75) is 6.92 Å². The standard InChI is InChI=1S/C13H12O3/c1-9-8-11(15-2)13(14)16-12(9)10-6-4-3-5-7-10/h3-8H,1-2H3. The topological polar surface area (TPSA) is 39.4 Å². The largest absolute Gasteiger partial charge is 0.490 e. The first kappa shape index (κ1) is 10.5. The van der Waals surface area contributed by atoms with Gasteiger partial charge in [0.1, 0.15) is 5.76 Å². The third-order valence-electron chi connectivity index (χ3n) is 2.36. The van der Waals surface area contributed by atoms with Crippen molar-refractivity contribution in [1.29, 1.82) is 0 Å². The van der Waals surface area contributed by atoms with Crippen molar-refractivity contribution in [3.05, 3.63) is 52.4 Å². The summed E-state index contributed by atoms with van der Waals surface area (Å²) in [6, 6.07) is 11.2. The molecule has 1 aromatic heterocycles. The molecule has 3 heteroatoms. The first-order valence-corrected chi connectivity index (χ1v) is 4.96. The highest BCUT2D eigenvalue weighted by atomic mass is 16.5. The molecule has 0 unspecified atom stereocenters. The van der Waals surface area contributed by atoms with Gasteiger partial charge < -0.3 is 9.15 Å². The van der Waals surface area contributed by atoms with Gasteiger partial charge in [-0.25, -0.2) is 4.79 Å². The van der Waals surface area contributed by atoms with Gasteiger partial charge >= 0.3 is 5.63 Å². The minimum atomic E-state index is -0.452. The molecule has 0 N–H and O–H groups in total. The number of benzene rings is 1. The minimum Gasteiger partial charge on any atom is -0.490 e. The molecule has 16 heavy (non-hydrogen) atoms. The lowest BCUT2D eigenvalue weighted by molar-refractivity contribution is 0.378. The summed E-state index contributed by atoms with van der Waals surface area (Å²) in [5.74, 6) is 0.823. The molecule has 3 nitrogen and oxygen atoms in total. The molecular formula is C13H12O3. The van der Waals surface area contributed by atoms with E-state index in [4.69, 9.17) is 9.15 Å². The van der Waals surface area contributed by atoms with Gasteiger partial charge in [0.25, 0.3) is 0 Å². The van der Waals surface area contributed by atoms with Crippen molar-refractivity contribution in [1.82, 2.24) is 0 Å². The average molecular weight is 216 g/mol. The Kier molecular flexibility index (Phi) is 2.77. The monoisotopic (exact) mass is 216 g/mol. The van der Waals surface area contributed by atoms with Crippen molar-refractivity contribution < 1.29 is 9.15 Å². The number of ether oxygens (including phenoxy) is 1. The number of rotatable bonds is 2. The number of methoxy groups -OCH3 is 1. The van der Waals surface area contributed by atoms with E-state index in [0.717, 1.165) is 11.1 Å². The summed E-state index contributed by atoms with van der Waals surface area (Å²) in [7, 11) is 1.45. The maximum absolute atomic E-state index is 11.5. The summed E-state index contributed by atoms with van der Waals surface area (Å²) in [4.78, 5) is 11.5. The van der Waals surface area contributed by atoms with Gasteiger partial charge in [-0.15, -0.1) is 0 Å². The summed E-state index contributed by atoms with van der Waals surface area (Å²) >= 11 is 0. The van der Waals surface area contributed by atoms with Crippen molar-refractivity contribution in [3.63, 3.8) is 0 Å². The summed E-state index contributed by atoms with van der Waals surface area (Å²) in [6.45, 7) is 1.88. The van der Waals surface area contributed by atoms with Gasteiger partial charge in [-0.2, -0.15) is 0 Å². The van der Waals surface area contributed by atoms with Crippen LogP contribution in [0.25, 0.3) is 11.3 Å². The van der Waals surface area contributed by atoms with Crippen LogP contribution in [-0.4, -0.2) is 7.11 Å². The van der Waals surface area contributed by atoms with E-state index in [-0.39, 0.29) is 5.75 Å². The Morgan fingerprint density at radius 3 is 2.50 bits per heavy atom. The third kappa shape index (κ3) is 1.84. The van der Waals surface area contributed by atoms with E-state index in [9.17, 15) is 4.79 Å². The fourth-order valence-corrected chi connectivity index (χ4v) is 1.56.